The standard InChI is InChI=1S/C7H13NOS.C2H6.CH3NOS.Na.H/c9-7(10)8-6-4-2-1-3-5-6;1-2;2-1(3)4;;/h6H,1-5H2,(H2,8,9,10);1-2H3;(H3,2,3,4);;/q;;;+1;-1. The SMILES string of the molecule is CC.NC(=O)S.O=C(S)NC1CCCCC1.[H-].[Na+]. The van der Waals surface area contributed by atoms with Crippen LogP contribution in [0.4, 0.5) is 9.59 Å². The number of hydrogen-bond donors (Lipinski definition) is 4. The maximum Gasteiger partial charge on any atom is 1.00 e. The molecular weight excluding hydrogens is 267 g/mol. The number of carbonyl (C=O) groups excluding carboxylic acids is 2. The van der Waals surface area contributed by atoms with Gasteiger partial charge in [-0.2, -0.15) is 0 Å². The van der Waals surface area contributed by atoms with E-state index in [-0.39, 0.29) is 36.2 Å². The van der Waals surface area contributed by atoms with Crippen LogP contribution in [0.15, 0.2) is 0 Å². The second-order valence-corrected chi connectivity index (χ2v) is 3.97. The Morgan fingerprint density at radius 2 is 1.53 bits per heavy atom. The van der Waals surface area contributed by atoms with Gasteiger partial charge in [0.2, 0.25) is 0 Å². The minimum Gasteiger partial charge on any atom is -1.00 e. The Labute approximate surface area is 138 Å². The molecule has 0 atom stereocenters. The Kier molecular flexibility index (Phi) is 22.3. The van der Waals surface area contributed by atoms with E-state index >= 15 is 0 Å². The average molecular weight is 290 g/mol. The van der Waals surface area contributed by atoms with Crippen molar-refractivity contribution in [2.45, 2.75) is 52.0 Å². The first-order chi connectivity index (χ1) is 7.52. The third-order valence-corrected chi connectivity index (χ3v) is 2.06. The Morgan fingerprint density at radius 3 is 1.82 bits per heavy atom. The number of amides is 2. The van der Waals surface area contributed by atoms with E-state index in [1.807, 2.05) is 13.8 Å². The van der Waals surface area contributed by atoms with E-state index in [0.29, 0.717) is 6.04 Å². The maximum atomic E-state index is 10.5. The topological polar surface area (TPSA) is 72.2 Å². The molecule has 1 aliphatic carbocycles. The number of rotatable bonds is 1. The van der Waals surface area contributed by atoms with Crippen molar-refractivity contribution in [1.29, 1.82) is 0 Å². The van der Waals surface area contributed by atoms with E-state index in [2.05, 4.69) is 36.3 Å². The van der Waals surface area contributed by atoms with Gasteiger partial charge in [0.1, 0.15) is 0 Å². The van der Waals surface area contributed by atoms with Gasteiger partial charge in [-0.1, -0.05) is 58.4 Å². The quantitative estimate of drug-likeness (QED) is 0.408. The molecule has 0 spiro atoms. The van der Waals surface area contributed by atoms with Crippen molar-refractivity contribution in [2.75, 3.05) is 0 Å². The summed E-state index contributed by atoms with van der Waals surface area (Å²) < 4.78 is 0. The molecule has 1 aliphatic rings. The van der Waals surface area contributed by atoms with Crippen LogP contribution >= 0.6 is 25.3 Å². The molecule has 0 aromatic carbocycles. The van der Waals surface area contributed by atoms with Gasteiger partial charge in [-0.25, -0.2) is 0 Å². The van der Waals surface area contributed by atoms with Crippen LogP contribution in [0.5, 0.6) is 0 Å². The third kappa shape index (κ3) is 22.3. The number of nitrogens with one attached hydrogen (secondary N) is 1. The summed E-state index contributed by atoms with van der Waals surface area (Å²) in [6, 6.07) is 0.402. The molecule has 0 heterocycles. The fourth-order valence-electron chi connectivity index (χ4n) is 1.42. The predicted molar refractivity (Wildman–Crippen MR) is 75.4 cm³/mol. The molecule has 1 rings (SSSR count). The molecule has 1 saturated carbocycles. The number of carbonyl (C=O) groups is 2. The molecule has 4 nitrogen and oxygen atoms in total. The molecule has 3 N–H and O–H groups in total. The van der Waals surface area contributed by atoms with Gasteiger partial charge >= 0.3 is 29.6 Å². The predicted octanol–water partition coefficient (Wildman–Crippen LogP) is 0.0961. The van der Waals surface area contributed by atoms with E-state index in [1.165, 1.54) is 19.3 Å². The second kappa shape index (κ2) is 16.6. The largest absolute Gasteiger partial charge is 1.00 e. The van der Waals surface area contributed by atoms with Crippen LogP contribution in [0.3, 0.4) is 0 Å². The maximum absolute atomic E-state index is 10.5. The summed E-state index contributed by atoms with van der Waals surface area (Å²) in [6.07, 6.45) is 6.08. The molecule has 0 unspecified atom stereocenters. The summed E-state index contributed by atoms with van der Waals surface area (Å²) in [4.78, 5) is 19.6. The van der Waals surface area contributed by atoms with Crippen LogP contribution in [-0.2, 0) is 0 Å². The summed E-state index contributed by atoms with van der Waals surface area (Å²) >= 11 is 6.76. The molecule has 7 heteroatoms. The van der Waals surface area contributed by atoms with E-state index in [9.17, 15) is 4.79 Å². The van der Waals surface area contributed by atoms with E-state index < -0.39 is 5.24 Å². The Bertz CT molecular complexity index is 202. The van der Waals surface area contributed by atoms with Gasteiger partial charge in [-0.15, -0.1) is 0 Å². The van der Waals surface area contributed by atoms with Crippen LogP contribution in [0.1, 0.15) is 47.4 Å². The first-order valence-corrected chi connectivity index (χ1v) is 6.39. The monoisotopic (exact) mass is 290 g/mol. The first kappa shape index (κ1) is 22.8. The van der Waals surface area contributed by atoms with Crippen LogP contribution in [0, 0.1) is 0 Å². The minimum absolute atomic E-state index is 0. The fourth-order valence-corrected chi connectivity index (χ4v) is 1.60. The molecule has 0 aromatic rings. The zero-order chi connectivity index (χ0) is 13.0. The van der Waals surface area contributed by atoms with Gasteiger partial charge < -0.3 is 12.5 Å². The zero-order valence-corrected chi connectivity index (χ0v) is 14.7. The van der Waals surface area contributed by atoms with E-state index in [0.717, 1.165) is 12.8 Å². The molecule has 98 valence electrons. The molecule has 0 bridgehead atoms. The summed E-state index contributed by atoms with van der Waals surface area (Å²) in [6.45, 7) is 4.00. The second-order valence-electron chi connectivity index (χ2n) is 3.12. The van der Waals surface area contributed by atoms with Crippen molar-refractivity contribution < 1.29 is 40.6 Å². The van der Waals surface area contributed by atoms with Gasteiger partial charge in [0.15, 0.2) is 0 Å². The van der Waals surface area contributed by atoms with Crippen molar-refractivity contribution in [3.05, 3.63) is 0 Å². The number of primary amides is 1. The van der Waals surface area contributed by atoms with Crippen LogP contribution in [0.25, 0.3) is 0 Å². The van der Waals surface area contributed by atoms with Crippen molar-refractivity contribution in [3.8, 4) is 0 Å². The zero-order valence-electron chi connectivity index (χ0n) is 11.9. The molecule has 0 radical (unpaired) electrons. The van der Waals surface area contributed by atoms with Crippen molar-refractivity contribution in [3.63, 3.8) is 0 Å². The summed E-state index contributed by atoms with van der Waals surface area (Å²) in [5, 5.41) is 1.98. The van der Waals surface area contributed by atoms with Crippen molar-refractivity contribution in [1.82, 2.24) is 5.32 Å². The van der Waals surface area contributed by atoms with E-state index in [1.54, 1.807) is 0 Å². The van der Waals surface area contributed by atoms with Gasteiger partial charge in [0.25, 0.3) is 10.5 Å². The van der Waals surface area contributed by atoms with Crippen LogP contribution < -0.4 is 40.6 Å². The molecule has 0 aliphatic heterocycles. The molecule has 17 heavy (non-hydrogen) atoms. The summed E-state index contributed by atoms with van der Waals surface area (Å²) in [5.74, 6) is 0. The molecular formula is C10H23N2NaO2S2. The summed E-state index contributed by atoms with van der Waals surface area (Å²) in [5.41, 5.74) is 4.34. The Hall–Kier alpha value is 0.640. The smallest absolute Gasteiger partial charge is 1.00 e. The fraction of sp³-hybridized carbons (Fsp3) is 0.800. The molecule has 1 fully saturated rings. The van der Waals surface area contributed by atoms with Crippen molar-refractivity contribution in [2.24, 2.45) is 5.73 Å². The van der Waals surface area contributed by atoms with Gasteiger partial charge in [-0.05, 0) is 12.8 Å². The molecule has 0 saturated heterocycles. The normalized spacial score (nSPS) is 13.9. The van der Waals surface area contributed by atoms with Gasteiger partial charge in [0.05, 0.1) is 0 Å². The number of thiol groups is 2. The first-order valence-electron chi connectivity index (χ1n) is 5.50. The average Bonchev–Trinajstić information content (AvgIpc) is 2.20. The van der Waals surface area contributed by atoms with Crippen LogP contribution in [0.2, 0.25) is 0 Å². The minimum atomic E-state index is -0.639. The van der Waals surface area contributed by atoms with Crippen molar-refractivity contribution >= 4 is 35.7 Å². The Balaban J connectivity index is -0.000000107. The molecule has 2 amide bonds. The molecule has 0 aromatic heterocycles. The van der Waals surface area contributed by atoms with Gasteiger partial charge in [0, 0.05) is 6.04 Å². The Morgan fingerprint density at radius 1 is 1.18 bits per heavy atom. The number of hydrogen-bond acceptors (Lipinski definition) is 2. The third-order valence-electron chi connectivity index (χ3n) is 1.93. The summed E-state index contributed by atoms with van der Waals surface area (Å²) in [7, 11) is 0. The van der Waals surface area contributed by atoms with Crippen LogP contribution in [-0.4, -0.2) is 16.5 Å². The number of nitrogens with two attached hydrogens (primary N) is 1. The van der Waals surface area contributed by atoms with E-state index in [4.69, 9.17) is 4.79 Å². The van der Waals surface area contributed by atoms with Gasteiger partial charge in [-0.3, -0.25) is 9.59 Å².